The predicted molar refractivity (Wildman–Crippen MR) is 204 cm³/mol. The van der Waals surface area contributed by atoms with E-state index in [2.05, 4.69) is 187 Å². The van der Waals surface area contributed by atoms with Gasteiger partial charge in [-0.2, -0.15) is 0 Å². The number of fused-ring (bicyclic) bond motifs is 9. The lowest BCUT2D eigenvalue weighted by Gasteiger charge is -2.45. The summed E-state index contributed by atoms with van der Waals surface area (Å²) in [5.41, 5.74) is 15.0. The molecule has 234 valence electrons. The van der Waals surface area contributed by atoms with Gasteiger partial charge in [0.15, 0.2) is 5.82 Å². The van der Waals surface area contributed by atoms with Gasteiger partial charge in [0.1, 0.15) is 0 Å². The van der Waals surface area contributed by atoms with E-state index in [0.717, 1.165) is 56.5 Å². The van der Waals surface area contributed by atoms with Crippen LogP contribution in [0.3, 0.4) is 0 Å². The average Bonchev–Trinajstić information content (AvgIpc) is 3.49. The van der Waals surface area contributed by atoms with Crippen LogP contribution < -0.4 is 4.90 Å². The van der Waals surface area contributed by atoms with Gasteiger partial charge in [0, 0.05) is 27.9 Å². The van der Waals surface area contributed by atoms with Gasteiger partial charge in [-0.15, -0.1) is 0 Å². The number of aromatic nitrogens is 2. The van der Waals surface area contributed by atoms with Crippen LogP contribution in [0.5, 0.6) is 0 Å². The van der Waals surface area contributed by atoms with Crippen LogP contribution in [-0.4, -0.2) is 9.97 Å². The Labute approximate surface area is 291 Å². The lowest BCUT2D eigenvalue weighted by atomic mass is 9.64. The molecule has 0 saturated carbocycles. The minimum atomic E-state index is -0.660. The van der Waals surface area contributed by atoms with Gasteiger partial charge in [-0.25, -0.2) is 9.97 Å². The van der Waals surface area contributed by atoms with Crippen molar-refractivity contribution in [3.63, 3.8) is 0 Å². The highest BCUT2D eigenvalue weighted by Gasteiger charge is 2.54. The molecular weight excluding hydrogens is 607 g/mol. The van der Waals surface area contributed by atoms with Crippen LogP contribution >= 0.6 is 0 Å². The van der Waals surface area contributed by atoms with Crippen molar-refractivity contribution in [2.75, 3.05) is 4.90 Å². The molecule has 1 aromatic heterocycles. The summed E-state index contributed by atoms with van der Waals surface area (Å²) >= 11 is 0. The van der Waals surface area contributed by atoms with Gasteiger partial charge in [0.05, 0.1) is 28.2 Å². The fourth-order valence-corrected chi connectivity index (χ4v) is 8.20. The summed E-state index contributed by atoms with van der Waals surface area (Å²) in [5.74, 6) is 0.724. The first-order chi connectivity index (χ1) is 24.8. The third-order valence-electron chi connectivity index (χ3n) is 10.3. The fourth-order valence-electron chi connectivity index (χ4n) is 8.20. The molecule has 3 nitrogen and oxygen atoms in total. The molecule has 0 radical (unpaired) electrons. The first-order valence-electron chi connectivity index (χ1n) is 17.1. The maximum atomic E-state index is 5.52. The molecule has 2 aliphatic rings. The quantitative estimate of drug-likeness (QED) is 0.192. The van der Waals surface area contributed by atoms with Crippen LogP contribution in [0.25, 0.3) is 45.0 Å². The third-order valence-corrected chi connectivity index (χ3v) is 10.3. The van der Waals surface area contributed by atoms with E-state index < -0.39 is 5.41 Å². The highest BCUT2D eigenvalue weighted by molar-refractivity contribution is 5.98. The number of hydrogen-bond donors (Lipinski definition) is 0. The predicted octanol–water partition coefficient (Wildman–Crippen LogP) is 11.6. The summed E-state index contributed by atoms with van der Waals surface area (Å²) in [6.45, 7) is 0. The van der Waals surface area contributed by atoms with Crippen molar-refractivity contribution in [3.8, 4) is 45.0 Å². The molecule has 3 heteroatoms. The van der Waals surface area contributed by atoms with E-state index in [9.17, 15) is 0 Å². The first-order valence-corrected chi connectivity index (χ1v) is 17.1. The molecule has 1 spiro atoms. The van der Waals surface area contributed by atoms with Crippen molar-refractivity contribution < 1.29 is 0 Å². The maximum absolute atomic E-state index is 5.52. The van der Waals surface area contributed by atoms with Crippen LogP contribution in [-0.2, 0) is 5.41 Å². The summed E-state index contributed by atoms with van der Waals surface area (Å²) in [7, 11) is 0. The Balaban J connectivity index is 1.32. The Morgan fingerprint density at radius 3 is 1.46 bits per heavy atom. The standard InChI is InChI=1S/C47H31N3/c1-4-16-32(17-5-1)33-28-30-34(31-29-33)44-43-45(49-46(48-44)35-18-6-2-7-19-35)37-22-10-11-23-38(37)47(43)39-24-12-14-26-41(39)50(36-20-8-3-9-21-36)42-27-15-13-25-40(42)47/h1-31H. The molecule has 2 heterocycles. The van der Waals surface area contributed by atoms with Crippen molar-refractivity contribution in [2.45, 2.75) is 5.41 Å². The van der Waals surface area contributed by atoms with E-state index in [0.29, 0.717) is 0 Å². The maximum Gasteiger partial charge on any atom is 0.160 e. The zero-order valence-electron chi connectivity index (χ0n) is 27.2. The van der Waals surface area contributed by atoms with Crippen molar-refractivity contribution in [2.24, 2.45) is 0 Å². The fraction of sp³-hybridized carbons (Fsp3) is 0.0213. The van der Waals surface area contributed by atoms with E-state index in [1.54, 1.807) is 0 Å². The molecule has 50 heavy (non-hydrogen) atoms. The van der Waals surface area contributed by atoms with E-state index in [1.807, 2.05) is 6.07 Å². The lowest BCUT2D eigenvalue weighted by Crippen LogP contribution is -2.36. The average molecular weight is 638 g/mol. The molecule has 0 amide bonds. The van der Waals surface area contributed by atoms with Gasteiger partial charge in [-0.05, 0) is 52.1 Å². The molecule has 1 aliphatic carbocycles. The third kappa shape index (κ3) is 4.10. The summed E-state index contributed by atoms with van der Waals surface area (Å²) in [6, 6.07) is 67.1. The highest BCUT2D eigenvalue weighted by Crippen LogP contribution is 2.64. The summed E-state index contributed by atoms with van der Waals surface area (Å²) < 4.78 is 0. The Morgan fingerprint density at radius 1 is 0.360 bits per heavy atom. The number of nitrogens with zero attached hydrogens (tertiary/aromatic N) is 3. The van der Waals surface area contributed by atoms with Crippen molar-refractivity contribution >= 4 is 17.1 Å². The van der Waals surface area contributed by atoms with Gasteiger partial charge in [0.25, 0.3) is 0 Å². The Morgan fingerprint density at radius 2 is 0.820 bits per heavy atom. The monoisotopic (exact) mass is 637 g/mol. The zero-order chi connectivity index (χ0) is 33.1. The van der Waals surface area contributed by atoms with Crippen LogP contribution in [0.15, 0.2) is 188 Å². The molecule has 0 saturated heterocycles. The van der Waals surface area contributed by atoms with Gasteiger partial charge in [-0.1, -0.05) is 164 Å². The van der Waals surface area contributed by atoms with Gasteiger partial charge >= 0.3 is 0 Å². The summed E-state index contributed by atoms with van der Waals surface area (Å²) in [6.07, 6.45) is 0. The van der Waals surface area contributed by atoms with Crippen LogP contribution in [0.1, 0.15) is 22.3 Å². The summed E-state index contributed by atoms with van der Waals surface area (Å²) in [5, 5.41) is 0. The molecular formula is C47H31N3. The number of hydrogen-bond acceptors (Lipinski definition) is 3. The minimum Gasteiger partial charge on any atom is -0.310 e. The summed E-state index contributed by atoms with van der Waals surface area (Å²) in [4.78, 5) is 13.4. The van der Waals surface area contributed by atoms with E-state index in [4.69, 9.17) is 9.97 Å². The highest BCUT2D eigenvalue weighted by atomic mass is 15.2. The van der Waals surface area contributed by atoms with Crippen molar-refractivity contribution in [1.29, 1.82) is 0 Å². The number of benzene rings is 7. The first kappa shape index (κ1) is 28.4. The largest absolute Gasteiger partial charge is 0.310 e. The number of anilines is 3. The van der Waals surface area contributed by atoms with Crippen LogP contribution in [0, 0.1) is 0 Å². The lowest BCUT2D eigenvalue weighted by molar-refractivity contribution is 0.748. The Kier molecular flexibility index (Phi) is 6.40. The topological polar surface area (TPSA) is 29.0 Å². The van der Waals surface area contributed by atoms with Crippen molar-refractivity contribution in [3.05, 3.63) is 210 Å². The number of para-hydroxylation sites is 3. The molecule has 0 fully saturated rings. The number of rotatable bonds is 4. The van der Waals surface area contributed by atoms with Crippen LogP contribution in [0.2, 0.25) is 0 Å². The minimum absolute atomic E-state index is 0.660. The van der Waals surface area contributed by atoms with Gasteiger partial charge in [-0.3, -0.25) is 0 Å². The molecule has 0 atom stereocenters. The molecule has 1 aliphatic heterocycles. The van der Waals surface area contributed by atoms with E-state index >= 15 is 0 Å². The molecule has 0 N–H and O–H groups in total. The smallest absolute Gasteiger partial charge is 0.160 e. The second kappa shape index (κ2) is 11.3. The second-order valence-electron chi connectivity index (χ2n) is 12.9. The molecule has 7 aromatic carbocycles. The second-order valence-corrected chi connectivity index (χ2v) is 12.9. The van der Waals surface area contributed by atoms with Crippen molar-refractivity contribution in [1.82, 2.24) is 9.97 Å². The Hall–Kier alpha value is -6.58. The van der Waals surface area contributed by atoms with E-state index in [1.165, 1.54) is 27.8 Å². The molecule has 0 bridgehead atoms. The SMILES string of the molecule is c1ccc(-c2ccc(-c3nc(-c4ccccc4)nc4c3C3(c5ccccc5-4)c4ccccc4N(c4ccccc4)c4ccccc43)cc2)cc1. The zero-order valence-corrected chi connectivity index (χ0v) is 27.2. The van der Waals surface area contributed by atoms with Crippen LogP contribution in [0.4, 0.5) is 17.1 Å². The van der Waals surface area contributed by atoms with Gasteiger partial charge < -0.3 is 4.90 Å². The van der Waals surface area contributed by atoms with E-state index in [-0.39, 0.29) is 0 Å². The molecule has 8 aromatic rings. The Bertz CT molecular complexity index is 2480. The molecule has 10 rings (SSSR count). The van der Waals surface area contributed by atoms with Gasteiger partial charge in [0.2, 0.25) is 0 Å². The molecule has 0 unspecified atom stereocenters. The normalized spacial score (nSPS) is 13.3.